The molecule has 3 aromatic carbocycles. The zero-order chi connectivity index (χ0) is 33.6. The number of hydrogen-bond acceptors (Lipinski definition) is 8. The fourth-order valence-corrected chi connectivity index (χ4v) is 5.24. The van der Waals surface area contributed by atoms with E-state index in [1.807, 2.05) is 55.1 Å². The van der Waals surface area contributed by atoms with Crippen molar-refractivity contribution < 1.29 is 24.5 Å². The highest BCUT2D eigenvalue weighted by molar-refractivity contribution is 6.01. The van der Waals surface area contributed by atoms with E-state index in [1.165, 1.54) is 5.56 Å². The van der Waals surface area contributed by atoms with E-state index < -0.39 is 18.1 Å². The summed E-state index contributed by atoms with van der Waals surface area (Å²) in [5, 5.41) is 24.0. The Labute approximate surface area is 273 Å². The van der Waals surface area contributed by atoms with Gasteiger partial charge in [0.1, 0.15) is 12.4 Å². The molecule has 1 amide bonds. The molecule has 0 bridgehead atoms. The predicted molar refractivity (Wildman–Crippen MR) is 184 cm³/mol. The van der Waals surface area contributed by atoms with Gasteiger partial charge in [0.2, 0.25) is 0 Å². The van der Waals surface area contributed by atoms with Crippen molar-refractivity contribution in [2.45, 2.75) is 66.7 Å². The van der Waals surface area contributed by atoms with Crippen LogP contribution in [0.25, 0.3) is 0 Å². The Morgan fingerprint density at radius 3 is 2.28 bits per heavy atom. The van der Waals surface area contributed by atoms with Gasteiger partial charge >= 0.3 is 0 Å². The van der Waals surface area contributed by atoms with E-state index >= 15 is 0 Å². The van der Waals surface area contributed by atoms with Crippen LogP contribution >= 0.6 is 0 Å². The number of amides is 1. The Kier molecular flexibility index (Phi) is 14.6. The Bertz CT molecular complexity index is 1460. The third-order valence-corrected chi connectivity index (χ3v) is 7.86. The normalized spacial score (nSPS) is 12.9. The molecule has 9 nitrogen and oxygen atoms in total. The minimum Gasteiger partial charge on any atom is -0.492 e. The second-order valence-corrected chi connectivity index (χ2v) is 11.9. The van der Waals surface area contributed by atoms with Gasteiger partial charge in [-0.25, -0.2) is 5.43 Å². The van der Waals surface area contributed by atoms with Crippen molar-refractivity contribution in [3.63, 3.8) is 0 Å². The summed E-state index contributed by atoms with van der Waals surface area (Å²) in [4.78, 5) is 31.2. The Morgan fingerprint density at radius 1 is 0.913 bits per heavy atom. The van der Waals surface area contributed by atoms with Crippen LogP contribution in [-0.2, 0) is 13.0 Å². The van der Waals surface area contributed by atoms with Crippen LogP contribution in [-0.4, -0.2) is 89.5 Å². The fourth-order valence-electron chi connectivity index (χ4n) is 5.24. The largest absolute Gasteiger partial charge is 0.492 e. The highest BCUT2D eigenvalue weighted by Crippen LogP contribution is 2.21. The van der Waals surface area contributed by atoms with Crippen LogP contribution in [0.5, 0.6) is 5.75 Å². The molecule has 46 heavy (non-hydrogen) atoms. The van der Waals surface area contributed by atoms with Crippen molar-refractivity contribution in [1.82, 2.24) is 15.2 Å². The molecule has 9 heteroatoms. The van der Waals surface area contributed by atoms with E-state index in [2.05, 4.69) is 29.3 Å². The number of carbonyl (C=O) groups excluding carboxylic acids is 2. The lowest BCUT2D eigenvalue weighted by molar-refractivity contribution is 0.0793. The minimum atomic E-state index is -0.553. The molecule has 0 aliphatic heterocycles. The van der Waals surface area contributed by atoms with Crippen molar-refractivity contribution >= 4 is 17.9 Å². The first-order valence-corrected chi connectivity index (χ1v) is 16.1. The number of aryl methyl sites for hydroxylation is 2. The number of hydrogen-bond donors (Lipinski definition) is 3. The number of ether oxygens (including phenoxy) is 1. The molecular weight excluding hydrogens is 580 g/mol. The summed E-state index contributed by atoms with van der Waals surface area (Å²) in [6.07, 6.45) is 0.506. The van der Waals surface area contributed by atoms with Gasteiger partial charge in [-0.15, -0.1) is 0 Å². The summed E-state index contributed by atoms with van der Waals surface area (Å²) in [7, 11) is 0. The SMILES string of the molecule is CCN(CC)CCOc1ccc(CC(=O)c2cccc(CN(CC(C)O)CC(C)O)c2)c(C(=O)NN=Cc2ccc(C)c(C)c2)c1. The Hall–Kier alpha value is -3.89. The first-order valence-electron chi connectivity index (χ1n) is 16.1. The maximum Gasteiger partial charge on any atom is 0.271 e. The minimum absolute atomic E-state index is 0.0118. The molecule has 0 aliphatic rings. The predicted octanol–water partition coefficient (Wildman–Crippen LogP) is 4.78. The molecule has 2 unspecified atom stereocenters. The summed E-state index contributed by atoms with van der Waals surface area (Å²) in [5.74, 6) is -0.0231. The van der Waals surface area contributed by atoms with Crippen molar-refractivity contribution in [1.29, 1.82) is 0 Å². The number of carbonyl (C=O) groups is 2. The topological polar surface area (TPSA) is 115 Å². The lowest BCUT2D eigenvalue weighted by Crippen LogP contribution is -2.35. The maximum atomic E-state index is 13.5. The van der Waals surface area contributed by atoms with E-state index in [0.29, 0.717) is 48.7 Å². The van der Waals surface area contributed by atoms with Gasteiger partial charge in [-0.05, 0) is 86.8 Å². The van der Waals surface area contributed by atoms with Crippen LogP contribution in [0.3, 0.4) is 0 Å². The van der Waals surface area contributed by atoms with Gasteiger partial charge in [-0.1, -0.05) is 56.3 Å². The average molecular weight is 631 g/mol. The second-order valence-electron chi connectivity index (χ2n) is 11.9. The summed E-state index contributed by atoms with van der Waals surface area (Å²) in [6.45, 7) is 16.0. The van der Waals surface area contributed by atoms with E-state index in [4.69, 9.17) is 4.74 Å². The second kappa shape index (κ2) is 18.3. The van der Waals surface area contributed by atoms with Crippen LogP contribution < -0.4 is 10.2 Å². The molecule has 0 spiro atoms. The summed E-state index contributed by atoms with van der Waals surface area (Å²) in [6, 6.07) is 18.5. The highest BCUT2D eigenvalue weighted by atomic mass is 16.5. The molecular formula is C37H50N4O5. The maximum absolute atomic E-state index is 13.5. The number of nitrogens with one attached hydrogen (secondary N) is 1. The quantitative estimate of drug-likeness (QED) is 0.105. The molecule has 0 radical (unpaired) electrons. The molecule has 0 saturated carbocycles. The summed E-state index contributed by atoms with van der Waals surface area (Å²) in [5.41, 5.74) is 8.10. The van der Waals surface area contributed by atoms with Crippen LogP contribution in [0.4, 0.5) is 0 Å². The molecule has 0 heterocycles. The number of likely N-dealkylation sites (N-methyl/N-ethyl adjacent to an activating group) is 1. The molecule has 3 N–H and O–H groups in total. The van der Waals surface area contributed by atoms with Gasteiger partial charge in [0.15, 0.2) is 5.78 Å². The number of aliphatic hydroxyl groups excluding tert-OH is 2. The van der Waals surface area contributed by atoms with Crippen molar-refractivity contribution in [2.75, 3.05) is 39.3 Å². The van der Waals surface area contributed by atoms with Crippen molar-refractivity contribution in [2.24, 2.45) is 5.10 Å². The van der Waals surface area contributed by atoms with E-state index in [1.54, 1.807) is 44.3 Å². The Balaban J connectivity index is 1.81. The average Bonchev–Trinajstić information content (AvgIpc) is 3.01. The molecule has 0 aliphatic carbocycles. The van der Waals surface area contributed by atoms with Gasteiger partial charge < -0.3 is 19.8 Å². The molecule has 248 valence electrons. The third kappa shape index (κ3) is 11.8. The molecule has 0 saturated heterocycles. The van der Waals surface area contributed by atoms with Gasteiger partial charge in [-0.2, -0.15) is 5.10 Å². The van der Waals surface area contributed by atoms with Gasteiger partial charge in [0.25, 0.3) is 5.91 Å². The first-order chi connectivity index (χ1) is 22.0. The molecule has 3 rings (SSSR count). The van der Waals surface area contributed by atoms with E-state index in [9.17, 15) is 19.8 Å². The summed E-state index contributed by atoms with van der Waals surface area (Å²) >= 11 is 0. The molecule has 0 fully saturated rings. The fraction of sp³-hybridized carbons (Fsp3) is 0.432. The van der Waals surface area contributed by atoms with Crippen LogP contribution in [0.2, 0.25) is 0 Å². The monoisotopic (exact) mass is 630 g/mol. The van der Waals surface area contributed by atoms with Gasteiger partial charge in [0.05, 0.1) is 18.4 Å². The zero-order valence-electron chi connectivity index (χ0n) is 28.1. The summed E-state index contributed by atoms with van der Waals surface area (Å²) < 4.78 is 6.00. The lowest BCUT2D eigenvalue weighted by Gasteiger charge is -2.25. The molecule has 3 aromatic rings. The number of rotatable bonds is 18. The molecule has 0 aromatic heterocycles. The standard InChI is InChI=1S/C37H50N4O5/c1-7-40(8-2)16-17-46-34-15-14-32(35(21-34)37(45)39-38-22-30-13-12-26(3)27(4)18-30)20-36(44)33-11-9-10-31(19-33)25-41(23-28(5)42)24-29(6)43/h9-15,18-19,21-22,28-29,42-43H,7-8,16-17,20,23-25H2,1-6H3,(H,39,45). The number of nitrogens with zero attached hydrogens (tertiary/aromatic N) is 3. The van der Waals surface area contributed by atoms with Gasteiger partial charge in [0, 0.05) is 43.7 Å². The highest BCUT2D eigenvalue weighted by Gasteiger charge is 2.18. The zero-order valence-corrected chi connectivity index (χ0v) is 28.1. The van der Waals surface area contributed by atoms with Crippen LogP contribution in [0.15, 0.2) is 65.8 Å². The van der Waals surface area contributed by atoms with Gasteiger partial charge in [-0.3, -0.25) is 14.5 Å². The van der Waals surface area contributed by atoms with Crippen LogP contribution in [0, 0.1) is 13.8 Å². The lowest BCUT2D eigenvalue weighted by atomic mass is 9.97. The smallest absolute Gasteiger partial charge is 0.271 e. The number of aliphatic hydroxyl groups is 2. The number of hydrazone groups is 1. The van der Waals surface area contributed by atoms with Crippen molar-refractivity contribution in [3.05, 3.63) is 99.6 Å². The molecule has 2 atom stereocenters. The number of benzene rings is 3. The third-order valence-electron chi connectivity index (χ3n) is 7.86. The number of Topliss-reactive ketones (excluding diaryl/α,β-unsaturated/α-hetero) is 1. The number of ketones is 1. The van der Waals surface area contributed by atoms with E-state index in [-0.39, 0.29) is 12.2 Å². The van der Waals surface area contributed by atoms with Crippen molar-refractivity contribution in [3.8, 4) is 5.75 Å². The van der Waals surface area contributed by atoms with E-state index in [0.717, 1.165) is 36.3 Å². The van der Waals surface area contributed by atoms with Crippen LogP contribution in [0.1, 0.15) is 76.2 Å². The first kappa shape index (κ1) is 36.6. The Morgan fingerprint density at radius 2 is 1.63 bits per heavy atom.